The normalized spacial score (nSPS) is 8.00. The number of hydrogen-bond acceptors (Lipinski definition) is 2. The van der Waals surface area contributed by atoms with E-state index in [0.717, 1.165) is 0 Å². The summed E-state index contributed by atoms with van der Waals surface area (Å²) in [6.07, 6.45) is 0. The van der Waals surface area contributed by atoms with Gasteiger partial charge in [0.2, 0.25) is 0 Å². The second-order valence-corrected chi connectivity index (χ2v) is 2.68. The number of rotatable bonds is 0. The maximum Gasteiger partial charge on any atom is 0 e. The van der Waals surface area contributed by atoms with E-state index in [1.54, 1.807) is 0 Å². The monoisotopic (exact) mass is 145 g/mol. The molecule has 0 fully saturated rings. The molecule has 0 amide bonds. The van der Waals surface area contributed by atoms with Crippen molar-refractivity contribution >= 4 is 17.4 Å². The highest BCUT2D eigenvalue weighted by Crippen LogP contribution is 1.48. The molecule has 0 aliphatic heterocycles. The van der Waals surface area contributed by atoms with Gasteiger partial charge in [-0.2, -0.15) is 0 Å². The summed E-state index contributed by atoms with van der Waals surface area (Å²) in [5, 5.41) is 0. The van der Waals surface area contributed by atoms with E-state index in [-0.39, 0.29) is 17.4 Å². The van der Waals surface area contributed by atoms with Gasteiger partial charge in [-0.05, 0) is 42.3 Å². The molecule has 0 N–H and O–H groups in total. The Kier molecular flexibility index (Phi) is 20.3. The van der Waals surface area contributed by atoms with Crippen molar-refractivity contribution in [3.8, 4) is 0 Å². The standard InChI is InChI=1S/2C3H9N.Al/c2*1-4(2)3;/h2*1-3H3;. The lowest BCUT2D eigenvalue weighted by atomic mass is 11.0. The summed E-state index contributed by atoms with van der Waals surface area (Å²) < 4.78 is 0. The van der Waals surface area contributed by atoms with E-state index in [1.807, 2.05) is 52.1 Å². The first kappa shape index (κ1) is 16.2. The topological polar surface area (TPSA) is 6.48 Å². The van der Waals surface area contributed by atoms with E-state index < -0.39 is 0 Å². The number of nitrogens with zero attached hydrogens (tertiary/aromatic N) is 2. The highest BCUT2D eigenvalue weighted by atomic mass is 27.0. The molecule has 2 nitrogen and oxygen atoms in total. The zero-order chi connectivity index (χ0) is 7.15. The zero-order valence-electron chi connectivity index (χ0n) is 7.47. The van der Waals surface area contributed by atoms with Gasteiger partial charge in [-0.25, -0.2) is 0 Å². The van der Waals surface area contributed by atoms with Gasteiger partial charge in [0.05, 0.1) is 0 Å². The minimum atomic E-state index is 0. The maximum atomic E-state index is 2.00. The molecule has 0 spiro atoms. The van der Waals surface area contributed by atoms with Crippen molar-refractivity contribution in [1.29, 1.82) is 0 Å². The molecule has 0 aromatic heterocycles. The Morgan fingerprint density at radius 1 is 0.556 bits per heavy atom. The summed E-state index contributed by atoms with van der Waals surface area (Å²) in [6.45, 7) is 0. The quantitative estimate of drug-likeness (QED) is 0.442. The fourth-order valence-corrected chi connectivity index (χ4v) is 0. The van der Waals surface area contributed by atoms with Crippen molar-refractivity contribution in [2.24, 2.45) is 0 Å². The molecule has 0 rings (SSSR count). The van der Waals surface area contributed by atoms with Crippen LogP contribution in [0.1, 0.15) is 0 Å². The van der Waals surface area contributed by atoms with Gasteiger partial charge in [0.1, 0.15) is 0 Å². The zero-order valence-corrected chi connectivity index (χ0v) is 8.63. The van der Waals surface area contributed by atoms with Crippen molar-refractivity contribution in [1.82, 2.24) is 9.80 Å². The Labute approximate surface area is 70.0 Å². The van der Waals surface area contributed by atoms with Crippen LogP contribution in [0.3, 0.4) is 0 Å². The summed E-state index contributed by atoms with van der Waals surface area (Å²) in [5.74, 6) is 0. The van der Waals surface area contributed by atoms with E-state index in [2.05, 4.69) is 0 Å². The van der Waals surface area contributed by atoms with Crippen LogP contribution >= 0.6 is 0 Å². The first-order chi connectivity index (χ1) is 3.46. The summed E-state index contributed by atoms with van der Waals surface area (Å²) in [5.41, 5.74) is 0. The van der Waals surface area contributed by atoms with Crippen LogP contribution in [0.15, 0.2) is 0 Å². The molecule has 0 aliphatic rings. The SMILES string of the molecule is CN(C)C.CN(C)C.[Al]. The molecule has 55 valence electrons. The smallest absolute Gasteiger partial charge is 0 e. The van der Waals surface area contributed by atoms with E-state index in [0.29, 0.717) is 0 Å². The molecule has 0 aromatic carbocycles. The molecule has 9 heavy (non-hydrogen) atoms. The Morgan fingerprint density at radius 2 is 0.556 bits per heavy atom. The Hall–Kier alpha value is 0.452. The first-order valence-corrected chi connectivity index (χ1v) is 2.68. The minimum Gasteiger partial charge on any atom is -0.312 e. The fraction of sp³-hybridized carbons (Fsp3) is 1.00. The Morgan fingerprint density at radius 3 is 0.556 bits per heavy atom. The molecule has 0 aliphatic carbocycles. The molecule has 0 aromatic rings. The molecule has 0 unspecified atom stereocenters. The van der Waals surface area contributed by atoms with Gasteiger partial charge in [0, 0.05) is 17.4 Å². The predicted molar refractivity (Wildman–Crippen MR) is 45.0 cm³/mol. The van der Waals surface area contributed by atoms with Crippen LogP contribution in [0.5, 0.6) is 0 Å². The van der Waals surface area contributed by atoms with Gasteiger partial charge < -0.3 is 9.80 Å². The lowest BCUT2D eigenvalue weighted by Gasteiger charge is -1.90. The summed E-state index contributed by atoms with van der Waals surface area (Å²) >= 11 is 0. The molecule has 0 saturated heterocycles. The van der Waals surface area contributed by atoms with Crippen molar-refractivity contribution in [2.45, 2.75) is 0 Å². The van der Waals surface area contributed by atoms with E-state index in [9.17, 15) is 0 Å². The van der Waals surface area contributed by atoms with Gasteiger partial charge in [-0.15, -0.1) is 0 Å². The van der Waals surface area contributed by atoms with Crippen LogP contribution in [-0.4, -0.2) is 69.4 Å². The summed E-state index contributed by atoms with van der Waals surface area (Å²) in [7, 11) is 12.0. The Balaban J connectivity index is -0.0000000720. The van der Waals surface area contributed by atoms with Crippen LogP contribution in [0.2, 0.25) is 0 Å². The van der Waals surface area contributed by atoms with Gasteiger partial charge in [0.25, 0.3) is 0 Å². The number of hydrogen-bond donors (Lipinski definition) is 0. The lowest BCUT2D eigenvalue weighted by Crippen LogP contribution is -1.99. The van der Waals surface area contributed by atoms with Crippen LogP contribution in [-0.2, 0) is 0 Å². The third-order valence-corrected chi connectivity index (χ3v) is 0. The molecule has 0 atom stereocenters. The van der Waals surface area contributed by atoms with Gasteiger partial charge in [0.15, 0.2) is 0 Å². The fourth-order valence-electron chi connectivity index (χ4n) is 0. The minimum absolute atomic E-state index is 0. The second-order valence-electron chi connectivity index (χ2n) is 2.68. The first-order valence-electron chi connectivity index (χ1n) is 2.68. The summed E-state index contributed by atoms with van der Waals surface area (Å²) in [6, 6.07) is 0. The molecule has 0 saturated carbocycles. The van der Waals surface area contributed by atoms with E-state index >= 15 is 0 Å². The van der Waals surface area contributed by atoms with Crippen molar-refractivity contribution in [2.75, 3.05) is 42.3 Å². The van der Waals surface area contributed by atoms with Crippen molar-refractivity contribution in [3.63, 3.8) is 0 Å². The lowest BCUT2D eigenvalue weighted by molar-refractivity contribution is 0.505. The molecule has 0 heterocycles. The highest BCUT2D eigenvalue weighted by Gasteiger charge is 1.58. The average molecular weight is 145 g/mol. The molecule has 3 radical (unpaired) electrons. The Bertz CT molecular complexity index is 26.5. The van der Waals surface area contributed by atoms with Crippen molar-refractivity contribution in [3.05, 3.63) is 0 Å². The van der Waals surface area contributed by atoms with E-state index in [1.165, 1.54) is 0 Å². The summed E-state index contributed by atoms with van der Waals surface area (Å²) in [4.78, 5) is 4.00. The maximum absolute atomic E-state index is 2.00. The molecular formula is C6H18AlN2. The third-order valence-electron chi connectivity index (χ3n) is 0. The van der Waals surface area contributed by atoms with Crippen LogP contribution in [0.25, 0.3) is 0 Å². The molecule has 3 heteroatoms. The van der Waals surface area contributed by atoms with Crippen molar-refractivity contribution < 1.29 is 0 Å². The van der Waals surface area contributed by atoms with Crippen LogP contribution in [0.4, 0.5) is 0 Å². The van der Waals surface area contributed by atoms with Crippen LogP contribution < -0.4 is 0 Å². The van der Waals surface area contributed by atoms with Gasteiger partial charge >= 0.3 is 0 Å². The predicted octanol–water partition coefficient (Wildman–Crippen LogP) is -0.0252. The highest BCUT2D eigenvalue weighted by molar-refractivity contribution is 5.75. The van der Waals surface area contributed by atoms with Gasteiger partial charge in [-0.1, -0.05) is 0 Å². The largest absolute Gasteiger partial charge is 0.312 e. The third kappa shape index (κ3) is 1720. The average Bonchev–Trinajstić information content (AvgIpc) is 1.25. The second kappa shape index (κ2) is 11.3. The molecule has 0 bridgehead atoms. The van der Waals surface area contributed by atoms with Crippen LogP contribution in [0, 0.1) is 0 Å². The van der Waals surface area contributed by atoms with Gasteiger partial charge in [-0.3, -0.25) is 0 Å². The molecular weight excluding hydrogens is 127 g/mol. The van der Waals surface area contributed by atoms with E-state index in [4.69, 9.17) is 0 Å².